The molecule has 0 nitrogen and oxygen atoms in total. The van der Waals surface area contributed by atoms with E-state index >= 15 is 0 Å². The Morgan fingerprint density at radius 2 is 1.81 bits per heavy atom. The fourth-order valence-corrected chi connectivity index (χ4v) is 6.23. The lowest BCUT2D eigenvalue weighted by molar-refractivity contribution is 0.743. The molecule has 2 aliphatic rings. The molecule has 0 aromatic heterocycles. The van der Waals surface area contributed by atoms with Gasteiger partial charge < -0.3 is 0 Å². The summed E-state index contributed by atoms with van der Waals surface area (Å²) in [6.07, 6.45) is 1.24. The smallest absolute Gasteiger partial charge is 0.0130 e. The maximum atomic E-state index is 2.40. The van der Waals surface area contributed by atoms with Crippen LogP contribution in [0.3, 0.4) is 0 Å². The summed E-state index contributed by atoms with van der Waals surface area (Å²) < 4.78 is 0. The molecule has 0 saturated heterocycles. The van der Waals surface area contributed by atoms with Gasteiger partial charge in [0.05, 0.1) is 0 Å². The second-order valence-electron chi connectivity index (χ2n) is 6.39. The van der Waals surface area contributed by atoms with E-state index in [9.17, 15) is 0 Å². The zero-order chi connectivity index (χ0) is 14.0. The molecule has 5 rings (SSSR count). The average Bonchev–Trinajstić information content (AvgIpc) is 3.02. The minimum atomic E-state index is 0.722. The van der Waals surface area contributed by atoms with Gasteiger partial charge in [-0.3, -0.25) is 0 Å². The van der Waals surface area contributed by atoms with E-state index in [0.717, 1.165) is 20.2 Å². The molecule has 0 spiro atoms. The first-order valence-electron chi connectivity index (χ1n) is 7.69. The van der Waals surface area contributed by atoms with Gasteiger partial charge in [0.2, 0.25) is 0 Å². The first-order valence-corrected chi connectivity index (χ1v) is 8.76. The van der Waals surface area contributed by atoms with E-state index in [1.807, 2.05) is 0 Å². The van der Waals surface area contributed by atoms with Crippen LogP contribution < -0.4 is 5.30 Å². The van der Waals surface area contributed by atoms with E-state index in [1.54, 1.807) is 22.0 Å². The Kier molecular flexibility index (Phi) is 2.38. The third-order valence-corrected chi connectivity index (χ3v) is 7.01. The molecule has 102 valence electrons. The highest BCUT2D eigenvalue weighted by atomic mass is 31.1. The Morgan fingerprint density at radius 3 is 2.76 bits per heavy atom. The molecule has 3 unspecified atom stereocenters. The summed E-state index contributed by atoms with van der Waals surface area (Å²) in [5.74, 6) is 0.722. The van der Waals surface area contributed by atoms with Crippen molar-refractivity contribution in [3.63, 3.8) is 0 Å². The van der Waals surface area contributed by atoms with E-state index in [1.165, 1.54) is 22.8 Å². The van der Waals surface area contributed by atoms with Crippen LogP contribution in [0.4, 0.5) is 0 Å². The largest absolute Gasteiger partial charge is 0.0811 e. The van der Waals surface area contributed by atoms with Gasteiger partial charge in [-0.05, 0) is 52.0 Å². The summed E-state index contributed by atoms with van der Waals surface area (Å²) in [5, 5.41) is 4.51. The highest BCUT2D eigenvalue weighted by molar-refractivity contribution is 7.49. The molecule has 1 aliphatic carbocycles. The SMILES string of the molecule is Cc1ccc2c(c1)CC1c3ccc4ccccc4c3PC21. The molecular weight excluding hydrogens is 271 g/mol. The second-order valence-corrected chi connectivity index (χ2v) is 7.80. The Balaban J connectivity index is 1.69. The van der Waals surface area contributed by atoms with Crippen LogP contribution in [-0.4, -0.2) is 0 Å². The number of hydrogen-bond donors (Lipinski definition) is 0. The Hall–Kier alpha value is -1.65. The van der Waals surface area contributed by atoms with Gasteiger partial charge in [-0.15, -0.1) is 0 Å². The van der Waals surface area contributed by atoms with Crippen molar-refractivity contribution < 1.29 is 0 Å². The number of hydrogen-bond acceptors (Lipinski definition) is 0. The number of fused-ring (bicyclic) bond motifs is 7. The monoisotopic (exact) mass is 288 g/mol. The molecule has 1 aliphatic heterocycles. The lowest BCUT2D eigenvalue weighted by atomic mass is 9.94. The van der Waals surface area contributed by atoms with Gasteiger partial charge in [0.1, 0.15) is 0 Å². The molecule has 3 aromatic rings. The van der Waals surface area contributed by atoms with E-state index in [2.05, 4.69) is 61.5 Å². The van der Waals surface area contributed by atoms with Crippen LogP contribution in [0.25, 0.3) is 10.8 Å². The van der Waals surface area contributed by atoms with Gasteiger partial charge in [0.25, 0.3) is 0 Å². The molecule has 0 amide bonds. The van der Waals surface area contributed by atoms with Crippen molar-refractivity contribution in [2.24, 2.45) is 0 Å². The van der Waals surface area contributed by atoms with Crippen LogP contribution in [0.1, 0.15) is 33.8 Å². The zero-order valence-electron chi connectivity index (χ0n) is 12.1. The molecule has 0 fully saturated rings. The van der Waals surface area contributed by atoms with Crippen LogP contribution in [-0.2, 0) is 6.42 Å². The van der Waals surface area contributed by atoms with Gasteiger partial charge in [-0.2, -0.15) is 0 Å². The summed E-state index contributed by atoms with van der Waals surface area (Å²) in [6.45, 7) is 2.21. The summed E-state index contributed by atoms with van der Waals surface area (Å²) in [5.41, 5.74) is 6.96. The summed E-state index contributed by atoms with van der Waals surface area (Å²) in [7, 11) is 0.931. The highest BCUT2D eigenvalue weighted by Crippen LogP contribution is 2.58. The Labute approximate surface area is 127 Å². The van der Waals surface area contributed by atoms with Crippen LogP contribution >= 0.6 is 8.58 Å². The summed E-state index contributed by atoms with van der Waals surface area (Å²) >= 11 is 0. The Morgan fingerprint density at radius 1 is 0.952 bits per heavy atom. The van der Waals surface area contributed by atoms with Crippen molar-refractivity contribution in [2.75, 3.05) is 0 Å². The van der Waals surface area contributed by atoms with Crippen LogP contribution in [0, 0.1) is 6.92 Å². The molecule has 21 heavy (non-hydrogen) atoms. The number of aryl methyl sites for hydroxylation is 1. The predicted octanol–water partition coefficient (Wildman–Crippen LogP) is 4.85. The molecule has 0 N–H and O–H groups in total. The normalized spacial score (nSPS) is 23.3. The van der Waals surface area contributed by atoms with E-state index in [0.29, 0.717) is 0 Å². The average molecular weight is 288 g/mol. The van der Waals surface area contributed by atoms with Crippen molar-refractivity contribution in [2.45, 2.75) is 24.9 Å². The maximum Gasteiger partial charge on any atom is 0.0130 e. The van der Waals surface area contributed by atoms with E-state index < -0.39 is 0 Å². The standard InChI is InChI=1S/C20H17P/c1-12-6-8-16-14(10-12)11-18-17-9-7-13-4-2-3-5-15(13)19(17)21-20(16)18/h2-10,18,20-21H,11H2,1H3. The summed E-state index contributed by atoms with van der Waals surface area (Å²) in [4.78, 5) is 0. The van der Waals surface area contributed by atoms with Gasteiger partial charge in [0, 0.05) is 5.66 Å². The molecule has 0 radical (unpaired) electrons. The highest BCUT2D eigenvalue weighted by Gasteiger charge is 2.40. The molecule has 0 saturated carbocycles. The van der Waals surface area contributed by atoms with Crippen LogP contribution in [0.15, 0.2) is 54.6 Å². The van der Waals surface area contributed by atoms with Crippen molar-refractivity contribution in [3.05, 3.63) is 76.9 Å². The van der Waals surface area contributed by atoms with Crippen molar-refractivity contribution in [3.8, 4) is 0 Å². The lowest BCUT2D eigenvalue weighted by Crippen LogP contribution is -2.03. The van der Waals surface area contributed by atoms with E-state index in [4.69, 9.17) is 0 Å². The summed E-state index contributed by atoms with van der Waals surface area (Å²) in [6, 6.07) is 20.7. The maximum absolute atomic E-state index is 2.40. The molecule has 3 atom stereocenters. The molecular formula is C20H17P. The fourth-order valence-electron chi connectivity index (χ4n) is 4.17. The van der Waals surface area contributed by atoms with Crippen LogP contribution in [0.2, 0.25) is 0 Å². The molecule has 1 heterocycles. The molecule has 0 bridgehead atoms. The third-order valence-electron chi connectivity index (χ3n) is 5.14. The quantitative estimate of drug-likeness (QED) is 0.519. The van der Waals surface area contributed by atoms with E-state index in [-0.39, 0.29) is 0 Å². The first-order chi connectivity index (χ1) is 10.3. The first kappa shape index (κ1) is 12.0. The van der Waals surface area contributed by atoms with Crippen LogP contribution in [0.5, 0.6) is 0 Å². The minimum Gasteiger partial charge on any atom is -0.0811 e. The van der Waals surface area contributed by atoms with Gasteiger partial charge in [0.15, 0.2) is 0 Å². The zero-order valence-corrected chi connectivity index (χ0v) is 13.1. The molecule has 3 aromatic carbocycles. The fraction of sp³-hybridized carbons (Fsp3) is 0.200. The van der Waals surface area contributed by atoms with Crippen molar-refractivity contribution in [1.29, 1.82) is 0 Å². The minimum absolute atomic E-state index is 0.722. The number of rotatable bonds is 0. The molecule has 1 heteroatoms. The third kappa shape index (κ3) is 1.60. The van der Waals surface area contributed by atoms with Gasteiger partial charge >= 0.3 is 0 Å². The van der Waals surface area contributed by atoms with Gasteiger partial charge in [-0.25, -0.2) is 0 Å². The lowest BCUT2D eigenvalue weighted by Gasteiger charge is -2.10. The Bertz CT molecular complexity index is 878. The van der Waals surface area contributed by atoms with Crippen molar-refractivity contribution >= 4 is 24.7 Å². The van der Waals surface area contributed by atoms with Gasteiger partial charge in [-0.1, -0.05) is 68.7 Å². The second kappa shape index (κ2) is 4.18. The van der Waals surface area contributed by atoms with Crippen molar-refractivity contribution in [1.82, 2.24) is 0 Å². The topological polar surface area (TPSA) is 0 Å². The predicted molar refractivity (Wildman–Crippen MR) is 92.3 cm³/mol. The number of benzene rings is 3.